The largest absolute Gasteiger partial charge is 0.497 e. The Balaban J connectivity index is 1.44. The van der Waals surface area contributed by atoms with Crippen LogP contribution in [0.3, 0.4) is 0 Å². The van der Waals surface area contributed by atoms with E-state index in [2.05, 4.69) is 15.5 Å². The quantitative estimate of drug-likeness (QED) is 0.544. The van der Waals surface area contributed by atoms with Gasteiger partial charge in [-0.25, -0.2) is 8.42 Å². The highest BCUT2D eigenvalue weighted by atomic mass is 32.2. The van der Waals surface area contributed by atoms with Crippen LogP contribution in [0.4, 0.5) is 5.69 Å². The van der Waals surface area contributed by atoms with Crippen LogP contribution in [-0.4, -0.2) is 49.0 Å². The third kappa shape index (κ3) is 4.97. The van der Waals surface area contributed by atoms with E-state index in [4.69, 9.17) is 9.26 Å². The van der Waals surface area contributed by atoms with E-state index in [-0.39, 0.29) is 29.8 Å². The first-order valence-electron chi connectivity index (χ1n) is 11.2. The zero-order valence-electron chi connectivity index (χ0n) is 19.4. The molecule has 1 aliphatic rings. The first kappa shape index (κ1) is 23.9. The van der Waals surface area contributed by atoms with Crippen LogP contribution in [0.2, 0.25) is 0 Å². The van der Waals surface area contributed by atoms with Crippen molar-refractivity contribution in [2.75, 3.05) is 25.5 Å². The van der Waals surface area contributed by atoms with Crippen molar-refractivity contribution in [3.63, 3.8) is 0 Å². The fourth-order valence-corrected chi connectivity index (χ4v) is 5.67. The molecule has 0 aliphatic carbocycles. The van der Waals surface area contributed by atoms with E-state index in [9.17, 15) is 13.2 Å². The topological polar surface area (TPSA) is 115 Å². The van der Waals surface area contributed by atoms with E-state index in [1.165, 1.54) is 4.31 Å². The monoisotopic (exact) mass is 484 g/mol. The summed E-state index contributed by atoms with van der Waals surface area (Å²) in [4.78, 5) is 17.2. The molecule has 0 bridgehead atoms. The van der Waals surface area contributed by atoms with Gasteiger partial charge in [-0.15, -0.1) is 0 Å². The van der Waals surface area contributed by atoms with Crippen LogP contribution in [0.25, 0.3) is 11.4 Å². The molecule has 9 nitrogen and oxygen atoms in total. The number of hydrogen-bond donors (Lipinski definition) is 1. The number of amides is 1. The second-order valence-corrected chi connectivity index (χ2v) is 10.1. The van der Waals surface area contributed by atoms with Crippen molar-refractivity contribution in [2.24, 2.45) is 5.92 Å². The molecule has 2 aromatic carbocycles. The van der Waals surface area contributed by atoms with Crippen LogP contribution in [0.1, 0.15) is 31.2 Å². The Hall–Kier alpha value is -3.24. The van der Waals surface area contributed by atoms with E-state index in [0.29, 0.717) is 53.5 Å². The van der Waals surface area contributed by atoms with Gasteiger partial charge >= 0.3 is 0 Å². The molecule has 3 aromatic rings. The number of ether oxygens (including phenoxy) is 1. The number of carbonyl (C=O) groups excluding carboxylic acids is 1. The highest BCUT2D eigenvalue weighted by Gasteiger charge is 2.33. The van der Waals surface area contributed by atoms with Crippen molar-refractivity contribution >= 4 is 21.6 Å². The van der Waals surface area contributed by atoms with Gasteiger partial charge in [-0.1, -0.05) is 24.2 Å². The maximum atomic E-state index is 13.4. The average molecular weight is 485 g/mol. The number of anilines is 1. The van der Waals surface area contributed by atoms with Crippen molar-refractivity contribution in [3.8, 4) is 17.1 Å². The van der Waals surface area contributed by atoms with Crippen molar-refractivity contribution in [3.05, 3.63) is 53.9 Å². The predicted octanol–water partition coefficient (Wildman–Crippen LogP) is 3.66. The number of carbonyl (C=O) groups is 1. The number of piperidine rings is 1. The Kier molecular flexibility index (Phi) is 6.99. The van der Waals surface area contributed by atoms with Crippen LogP contribution >= 0.6 is 0 Å². The van der Waals surface area contributed by atoms with Gasteiger partial charge in [0.05, 0.1) is 12.0 Å². The molecule has 1 fully saturated rings. The molecule has 0 spiro atoms. The highest BCUT2D eigenvalue weighted by molar-refractivity contribution is 7.89. The summed E-state index contributed by atoms with van der Waals surface area (Å²) < 4.78 is 38.6. The Morgan fingerprint density at radius 3 is 2.50 bits per heavy atom. The fraction of sp³-hybridized carbons (Fsp3) is 0.375. The Labute approximate surface area is 199 Å². The summed E-state index contributed by atoms with van der Waals surface area (Å²) in [7, 11) is -2.15. The van der Waals surface area contributed by atoms with Crippen LogP contribution < -0.4 is 10.1 Å². The van der Waals surface area contributed by atoms with Gasteiger partial charge in [-0.2, -0.15) is 9.29 Å². The van der Waals surface area contributed by atoms with Crippen LogP contribution in [0.5, 0.6) is 5.75 Å². The number of aryl methyl sites for hydroxylation is 2. The maximum Gasteiger partial charge on any atom is 0.243 e. The van der Waals surface area contributed by atoms with Gasteiger partial charge in [0.25, 0.3) is 0 Å². The predicted molar refractivity (Wildman–Crippen MR) is 127 cm³/mol. The zero-order chi connectivity index (χ0) is 24.3. The summed E-state index contributed by atoms with van der Waals surface area (Å²) >= 11 is 0. The van der Waals surface area contributed by atoms with Crippen molar-refractivity contribution < 1.29 is 22.5 Å². The number of hydrogen-bond acceptors (Lipinski definition) is 7. The minimum Gasteiger partial charge on any atom is -0.497 e. The summed E-state index contributed by atoms with van der Waals surface area (Å²) in [5, 5.41) is 6.85. The molecule has 1 amide bonds. The van der Waals surface area contributed by atoms with Crippen molar-refractivity contribution in [2.45, 2.75) is 38.0 Å². The highest BCUT2D eigenvalue weighted by Crippen LogP contribution is 2.29. The second-order valence-electron chi connectivity index (χ2n) is 8.24. The lowest BCUT2D eigenvalue weighted by molar-refractivity contribution is -0.120. The summed E-state index contributed by atoms with van der Waals surface area (Å²) in [5.74, 6) is 1.20. The van der Waals surface area contributed by atoms with Gasteiger partial charge in [0, 0.05) is 36.7 Å². The summed E-state index contributed by atoms with van der Waals surface area (Å²) in [6, 6.07) is 12.2. The first-order chi connectivity index (χ1) is 16.3. The van der Waals surface area contributed by atoms with E-state index in [1.807, 2.05) is 6.92 Å². The van der Waals surface area contributed by atoms with Gasteiger partial charge in [0.15, 0.2) is 0 Å². The maximum absolute atomic E-state index is 13.4. The zero-order valence-corrected chi connectivity index (χ0v) is 20.3. The smallest absolute Gasteiger partial charge is 0.243 e. The molecular weight excluding hydrogens is 456 g/mol. The molecule has 4 rings (SSSR count). The normalized spacial score (nSPS) is 15.3. The molecule has 2 heterocycles. The van der Waals surface area contributed by atoms with Gasteiger partial charge in [0.1, 0.15) is 5.75 Å². The number of nitrogens with one attached hydrogen (secondary N) is 1. The molecule has 0 unspecified atom stereocenters. The minimum atomic E-state index is -3.74. The third-order valence-corrected chi connectivity index (χ3v) is 8.06. The Morgan fingerprint density at radius 1 is 1.18 bits per heavy atom. The lowest BCUT2D eigenvalue weighted by atomic mass is 9.97. The lowest BCUT2D eigenvalue weighted by Crippen LogP contribution is -2.41. The fourth-order valence-electron chi connectivity index (χ4n) is 3.95. The molecule has 0 saturated carbocycles. The van der Waals surface area contributed by atoms with Crippen molar-refractivity contribution in [1.82, 2.24) is 14.4 Å². The number of methoxy groups -OCH3 is 1. The van der Waals surface area contributed by atoms with Gasteiger partial charge < -0.3 is 14.6 Å². The molecule has 1 N–H and O–H groups in total. The summed E-state index contributed by atoms with van der Waals surface area (Å²) in [6.45, 7) is 4.21. The minimum absolute atomic E-state index is 0.107. The molecule has 1 saturated heterocycles. The molecule has 180 valence electrons. The van der Waals surface area contributed by atoms with E-state index < -0.39 is 10.0 Å². The Morgan fingerprint density at radius 2 is 1.88 bits per heavy atom. The standard InChI is InChI=1S/C24H28N4O5S/c1-4-22-26-23(27-33-22)18-6-5-16(2)21(15-18)34(30,31)28-13-11-17(12-14-28)24(29)25-19-7-9-20(32-3)10-8-19/h5-10,15,17H,4,11-14H2,1-3H3,(H,25,29). The number of rotatable bonds is 7. The molecule has 34 heavy (non-hydrogen) atoms. The van der Waals surface area contributed by atoms with Crippen LogP contribution in [-0.2, 0) is 21.2 Å². The molecule has 0 radical (unpaired) electrons. The SMILES string of the molecule is CCc1nc(-c2ccc(C)c(S(=O)(=O)N3CCC(C(=O)Nc4ccc(OC)cc4)CC3)c2)no1. The summed E-state index contributed by atoms with van der Waals surface area (Å²) in [6.07, 6.45) is 1.50. The first-order valence-corrected chi connectivity index (χ1v) is 12.6. The number of aromatic nitrogens is 2. The van der Waals surface area contributed by atoms with Crippen LogP contribution in [0, 0.1) is 12.8 Å². The van der Waals surface area contributed by atoms with Gasteiger partial charge in [0.2, 0.25) is 27.6 Å². The van der Waals surface area contributed by atoms with Gasteiger partial charge in [-0.05, 0) is 55.7 Å². The van der Waals surface area contributed by atoms with Gasteiger partial charge in [-0.3, -0.25) is 4.79 Å². The van der Waals surface area contributed by atoms with Crippen LogP contribution in [0.15, 0.2) is 51.9 Å². The molecular formula is C24H28N4O5S. The van der Waals surface area contributed by atoms with E-state index in [1.54, 1.807) is 56.5 Å². The van der Waals surface area contributed by atoms with E-state index >= 15 is 0 Å². The second kappa shape index (κ2) is 9.94. The number of nitrogens with zero attached hydrogens (tertiary/aromatic N) is 3. The number of sulfonamides is 1. The molecule has 1 aliphatic heterocycles. The molecule has 1 aromatic heterocycles. The lowest BCUT2D eigenvalue weighted by Gasteiger charge is -2.31. The summed E-state index contributed by atoms with van der Waals surface area (Å²) in [5.41, 5.74) is 1.91. The van der Waals surface area contributed by atoms with Crippen molar-refractivity contribution in [1.29, 1.82) is 0 Å². The van der Waals surface area contributed by atoms with E-state index in [0.717, 1.165) is 0 Å². The molecule has 10 heteroatoms. The Bertz CT molecular complexity index is 1260. The molecule has 0 atom stereocenters. The number of benzene rings is 2. The average Bonchev–Trinajstić information content (AvgIpc) is 3.34. The third-order valence-electron chi connectivity index (χ3n) is 6.02.